The fourth-order valence-corrected chi connectivity index (χ4v) is 2.95. The van der Waals surface area contributed by atoms with Gasteiger partial charge in [-0.15, -0.1) is 0 Å². The molecule has 0 heterocycles. The van der Waals surface area contributed by atoms with Crippen molar-refractivity contribution >= 4 is 0 Å². The van der Waals surface area contributed by atoms with E-state index in [0.717, 1.165) is 5.56 Å². The third-order valence-corrected chi connectivity index (χ3v) is 3.96. The fraction of sp³-hybridized carbons (Fsp3) is 0.600. The Morgan fingerprint density at radius 1 is 1.06 bits per heavy atom. The molecule has 0 saturated heterocycles. The lowest BCUT2D eigenvalue weighted by molar-refractivity contribution is 0.214. The molecule has 1 aliphatic carbocycles. The van der Waals surface area contributed by atoms with Crippen molar-refractivity contribution < 1.29 is 9.50 Å². The lowest BCUT2D eigenvalue weighted by Crippen LogP contribution is -2.16. The molecule has 1 unspecified atom stereocenters. The highest BCUT2D eigenvalue weighted by Gasteiger charge is 2.23. The second-order valence-corrected chi connectivity index (χ2v) is 5.09. The summed E-state index contributed by atoms with van der Waals surface area (Å²) in [6, 6.07) is 6.63. The van der Waals surface area contributed by atoms with Gasteiger partial charge in [0.15, 0.2) is 0 Å². The summed E-state index contributed by atoms with van der Waals surface area (Å²) in [7, 11) is 0. The van der Waals surface area contributed by atoms with Gasteiger partial charge in [0, 0.05) is 5.92 Å². The van der Waals surface area contributed by atoms with E-state index in [4.69, 9.17) is 0 Å². The van der Waals surface area contributed by atoms with Crippen molar-refractivity contribution in [3.63, 3.8) is 0 Å². The van der Waals surface area contributed by atoms with E-state index in [1.807, 2.05) is 12.1 Å². The Morgan fingerprint density at radius 2 is 1.65 bits per heavy atom. The second-order valence-electron chi connectivity index (χ2n) is 5.09. The Bertz CT molecular complexity index is 325. The molecular weight excluding hydrogens is 215 g/mol. The highest BCUT2D eigenvalue weighted by atomic mass is 19.1. The van der Waals surface area contributed by atoms with Crippen molar-refractivity contribution in [1.82, 2.24) is 0 Å². The molecule has 1 saturated carbocycles. The summed E-state index contributed by atoms with van der Waals surface area (Å²) in [6.45, 7) is 0.177. The first-order chi connectivity index (χ1) is 8.31. The molecule has 2 heteroatoms. The number of hydrogen-bond donors (Lipinski definition) is 1. The van der Waals surface area contributed by atoms with Crippen molar-refractivity contribution in [2.24, 2.45) is 5.92 Å². The fourth-order valence-electron chi connectivity index (χ4n) is 2.95. The topological polar surface area (TPSA) is 20.2 Å². The maximum Gasteiger partial charge on any atom is 0.123 e. The monoisotopic (exact) mass is 236 g/mol. The molecule has 1 atom stereocenters. The molecule has 17 heavy (non-hydrogen) atoms. The molecule has 1 nitrogen and oxygen atoms in total. The lowest BCUT2D eigenvalue weighted by Gasteiger charge is -2.24. The molecular formula is C15H21FO. The first kappa shape index (κ1) is 12.6. The van der Waals surface area contributed by atoms with Crippen molar-refractivity contribution in [2.45, 2.75) is 44.4 Å². The zero-order chi connectivity index (χ0) is 12.1. The Balaban J connectivity index is 2.11. The van der Waals surface area contributed by atoms with Crippen LogP contribution in [0.4, 0.5) is 4.39 Å². The minimum atomic E-state index is -0.202. The third kappa shape index (κ3) is 3.29. The summed E-state index contributed by atoms with van der Waals surface area (Å²) in [5.41, 5.74) is 1.08. The van der Waals surface area contributed by atoms with Crippen LogP contribution < -0.4 is 0 Å². The summed E-state index contributed by atoms with van der Waals surface area (Å²) in [5, 5.41) is 9.60. The first-order valence-corrected chi connectivity index (χ1v) is 6.67. The highest BCUT2D eigenvalue weighted by molar-refractivity contribution is 5.21. The predicted octanol–water partition coefficient (Wildman–Crippen LogP) is 3.87. The van der Waals surface area contributed by atoms with Gasteiger partial charge in [-0.05, 0) is 36.5 Å². The highest BCUT2D eigenvalue weighted by Crippen LogP contribution is 2.34. The lowest BCUT2D eigenvalue weighted by atomic mass is 9.82. The van der Waals surface area contributed by atoms with Crippen LogP contribution in [-0.2, 0) is 0 Å². The average Bonchev–Trinajstić information content (AvgIpc) is 2.62. The summed E-state index contributed by atoms with van der Waals surface area (Å²) >= 11 is 0. The molecule has 0 aliphatic heterocycles. The summed E-state index contributed by atoms with van der Waals surface area (Å²) in [4.78, 5) is 0. The molecule has 0 bridgehead atoms. The maximum atomic E-state index is 12.9. The Morgan fingerprint density at radius 3 is 2.18 bits per heavy atom. The second kappa shape index (κ2) is 6.15. The molecule has 0 aromatic heterocycles. The molecule has 1 aromatic carbocycles. The van der Waals surface area contributed by atoms with Gasteiger partial charge in [0.05, 0.1) is 6.61 Å². The van der Waals surface area contributed by atoms with Crippen LogP contribution in [0.2, 0.25) is 0 Å². The molecule has 1 aromatic rings. The molecule has 1 aliphatic rings. The van der Waals surface area contributed by atoms with Crippen molar-refractivity contribution in [2.75, 3.05) is 6.61 Å². The van der Waals surface area contributed by atoms with Crippen LogP contribution in [0.15, 0.2) is 24.3 Å². The molecule has 1 N–H and O–H groups in total. The van der Waals surface area contributed by atoms with Gasteiger partial charge in [-0.25, -0.2) is 4.39 Å². The molecule has 2 rings (SSSR count). The van der Waals surface area contributed by atoms with E-state index in [9.17, 15) is 9.50 Å². The van der Waals surface area contributed by atoms with E-state index in [1.54, 1.807) is 0 Å². The predicted molar refractivity (Wildman–Crippen MR) is 67.4 cm³/mol. The van der Waals surface area contributed by atoms with Gasteiger partial charge in [-0.3, -0.25) is 0 Å². The van der Waals surface area contributed by atoms with E-state index >= 15 is 0 Å². The van der Waals surface area contributed by atoms with Gasteiger partial charge in [-0.2, -0.15) is 0 Å². The van der Waals surface area contributed by atoms with E-state index in [2.05, 4.69) is 0 Å². The summed E-state index contributed by atoms with van der Waals surface area (Å²) in [5.74, 6) is 0.549. The van der Waals surface area contributed by atoms with E-state index < -0.39 is 0 Å². The summed E-state index contributed by atoms with van der Waals surface area (Å²) < 4.78 is 12.9. The van der Waals surface area contributed by atoms with Crippen LogP contribution >= 0.6 is 0 Å². The summed E-state index contributed by atoms with van der Waals surface area (Å²) in [6.07, 6.45) is 7.56. The third-order valence-electron chi connectivity index (χ3n) is 3.96. The Labute approximate surface area is 103 Å². The molecule has 0 radical (unpaired) electrons. The van der Waals surface area contributed by atoms with Crippen LogP contribution in [0.3, 0.4) is 0 Å². The molecule has 0 amide bonds. The van der Waals surface area contributed by atoms with E-state index in [1.165, 1.54) is 50.7 Å². The number of rotatable bonds is 3. The number of aliphatic hydroxyl groups is 1. The van der Waals surface area contributed by atoms with Crippen molar-refractivity contribution in [1.29, 1.82) is 0 Å². The van der Waals surface area contributed by atoms with Crippen LogP contribution in [0, 0.1) is 11.7 Å². The van der Waals surface area contributed by atoms with Gasteiger partial charge in [-0.1, -0.05) is 37.8 Å². The smallest absolute Gasteiger partial charge is 0.123 e. The molecule has 94 valence electrons. The van der Waals surface area contributed by atoms with Gasteiger partial charge in [0.1, 0.15) is 5.82 Å². The minimum Gasteiger partial charge on any atom is -0.396 e. The number of aliphatic hydroxyl groups excluding tert-OH is 1. The van der Waals surface area contributed by atoms with Crippen molar-refractivity contribution in [3.8, 4) is 0 Å². The quantitative estimate of drug-likeness (QED) is 0.790. The number of hydrogen-bond acceptors (Lipinski definition) is 1. The van der Waals surface area contributed by atoms with Crippen LogP contribution in [0.1, 0.15) is 50.0 Å². The molecule has 1 fully saturated rings. The first-order valence-electron chi connectivity index (χ1n) is 6.67. The van der Waals surface area contributed by atoms with Gasteiger partial charge in [0.2, 0.25) is 0 Å². The number of benzene rings is 1. The zero-order valence-electron chi connectivity index (χ0n) is 10.2. The Kier molecular flexibility index (Phi) is 4.55. The van der Waals surface area contributed by atoms with Crippen LogP contribution in [-0.4, -0.2) is 11.7 Å². The van der Waals surface area contributed by atoms with Crippen LogP contribution in [0.25, 0.3) is 0 Å². The normalized spacial score (nSPS) is 19.9. The van der Waals surface area contributed by atoms with E-state index in [0.29, 0.717) is 5.92 Å². The van der Waals surface area contributed by atoms with Gasteiger partial charge >= 0.3 is 0 Å². The average molecular weight is 236 g/mol. The number of halogens is 1. The van der Waals surface area contributed by atoms with Crippen molar-refractivity contribution in [3.05, 3.63) is 35.6 Å². The largest absolute Gasteiger partial charge is 0.396 e. The van der Waals surface area contributed by atoms with Crippen LogP contribution in [0.5, 0.6) is 0 Å². The Hall–Kier alpha value is -0.890. The van der Waals surface area contributed by atoms with E-state index in [-0.39, 0.29) is 18.3 Å². The van der Waals surface area contributed by atoms with Gasteiger partial charge < -0.3 is 5.11 Å². The van der Waals surface area contributed by atoms with Gasteiger partial charge in [0.25, 0.3) is 0 Å². The minimum absolute atomic E-state index is 0.177. The molecule has 0 spiro atoms. The standard InChI is InChI=1S/C15H21FO/c16-14-9-7-13(8-10-14)15(11-17)12-5-3-1-2-4-6-12/h7-10,12,15,17H,1-6,11H2. The maximum absolute atomic E-state index is 12.9. The zero-order valence-corrected chi connectivity index (χ0v) is 10.2. The SMILES string of the molecule is OCC(c1ccc(F)cc1)C1CCCCCC1.